The highest BCUT2D eigenvalue weighted by Crippen LogP contribution is 2.19. The molecule has 1 aliphatic heterocycles. The Kier molecular flexibility index (Phi) is 13.0. The Morgan fingerprint density at radius 1 is 0.870 bits per heavy atom. The molecule has 1 aliphatic rings. The lowest BCUT2D eigenvalue weighted by atomic mass is 9.96. The van der Waals surface area contributed by atoms with Crippen molar-refractivity contribution in [2.75, 3.05) is 19.6 Å². The largest absolute Gasteiger partial charge is 0.378 e. The van der Waals surface area contributed by atoms with E-state index in [0.717, 1.165) is 38.9 Å². The molecule has 0 aromatic heterocycles. The number of aliphatic hydroxyl groups excluding tert-OH is 1. The van der Waals surface area contributed by atoms with Crippen LogP contribution in [0.2, 0.25) is 0 Å². The van der Waals surface area contributed by atoms with Gasteiger partial charge in [0.2, 0.25) is 0 Å². The van der Waals surface area contributed by atoms with E-state index in [-0.39, 0.29) is 6.23 Å². The summed E-state index contributed by atoms with van der Waals surface area (Å²) in [5, 5.41) is 10.3. The third-order valence-electron chi connectivity index (χ3n) is 5.47. The summed E-state index contributed by atoms with van der Waals surface area (Å²) >= 11 is 0. The molecule has 3 nitrogen and oxygen atoms in total. The molecule has 3 N–H and O–H groups in total. The van der Waals surface area contributed by atoms with Crippen LogP contribution in [0, 0.1) is 5.92 Å². The third-order valence-corrected chi connectivity index (χ3v) is 5.47. The van der Waals surface area contributed by atoms with Gasteiger partial charge in [-0.1, -0.05) is 71.1 Å². The summed E-state index contributed by atoms with van der Waals surface area (Å²) in [7, 11) is 0. The number of piperidine rings is 1. The smallest absolute Gasteiger partial charge is 0.107 e. The molecule has 1 fully saturated rings. The van der Waals surface area contributed by atoms with Gasteiger partial charge in [0.1, 0.15) is 6.23 Å². The van der Waals surface area contributed by atoms with Gasteiger partial charge in [-0.25, -0.2) is 0 Å². The van der Waals surface area contributed by atoms with E-state index in [2.05, 4.69) is 11.8 Å². The molecular formula is C20H42N2O. The quantitative estimate of drug-likeness (QED) is 0.456. The van der Waals surface area contributed by atoms with Gasteiger partial charge in [0.15, 0.2) is 0 Å². The fourth-order valence-electron chi connectivity index (χ4n) is 3.66. The zero-order chi connectivity index (χ0) is 16.8. The molecule has 0 aromatic carbocycles. The van der Waals surface area contributed by atoms with E-state index in [1.807, 2.05) is 0 Å². The summed E-state index contributed by atoms with van der Waals surface area (Å²) in [4.78, 5) is 2.25. The molecule has 1 unspecified atom stereocenters. The number of unbranched alkanes of at least 4 members (excludes halogenated alkanes) is 10. The molecule has 0 bridgehead atoms. The standard InChI is InChI=1S/C20H42N2O/c1-2-3-4-5-6-7-8-9-10-11-12-13-20(23)22-16-14-19(18-21)15-17-22/h19-20,23H,2-18,21H2,1H3. The normalized spacial score (nSPS) is 18.4. The minimum atomic E-state index is -0.215. The molecule has 0 saturated carbocycles. The number of rotatable bonds is 14. The Balaban J connectivity index is 1.85. The molecule has 3 heteroatoms. The van der Waals surface area contributed by atoms with Crippen LogP contribution in [-0.2, 0) is 0 Å². The first-order valence-corrected chi connectivity index (χ1v) is 10.4. The molecule has 1 heterocycles. The first-order chi connectivity index (χ1) is 11.3. The molecule has 0 aliphatic carbocycles. The van der Waals surface area contributed by atoms with Crippen molar-refractivity contribution in [3.05, 3.63) is 0 Å². The summed E-state index contributed by atoms with van der Waals surface area (Å²) in [5.74, 6) is 0.681. The molecule has 23 heavy (non-hydrogen) atoms. The van der Waals surface area contributed by atoms with Crippen LogP contribution in [0.25, 0.3) is 0 Å². The molecule has 1 rings (SSSR count). The monoisotopic (exact) mass is 326 g/mol. The van der Waals surface area contributed by atoms with Gasteiger partial charge in [0.05, 0.1) is 0 Å². The van der Waals surface area contributed by atoms with E-state index in [1.165, 1.54) is 70.6 Å². The minimum Gasteiger partial charge on any atom is -0.378 e. The van der Waals surface area contributed by atoms with Crippen molar-refractivity contribution in [3.63, 3.8) is 0 Å². The molecular weight excluding hydrogens is 284 g/mol. The van der Waals surface area contributed by atoms with Crippen LogP contribution in [0.1, 0.15) is 96.8 Å². The maximum atomic E-state index is 10.3. The molecule has 0 spiro atoms. The van der Waals surface area contributed by atoms with Crippen LogP contribution in [0.4, 0.5) is 0 Å². The Bertz CT molecular complexity index is 252. The highest BCUT2D eigenvalue weighted by atomic mass is 16.3. The molecule has 1 saturated heterocycles. The van der Waals surface area contributed by atoms with Crippen molar-refractivity contribution in [1.82, 2.24) is 4.90 Å². The van der Waals surface area contributed by atoms with Gasteiger partial charge in [0, 0.05) is 13.1 Å². The van der Waals surface area contributed by atoms with E-state index in [9.17, 15) is 5.11 Å². The van der Waals surface area contributed by atoms with E-state index in [1.54, 1.807) is 0 Å². The molecule has 0 amide bonds. The Morgan fingerprint density at radius 2 is 1.35 bits per heavy atom. The Morgan fingerprint density at radius 3 is 1.83 bits per heavy atom. The molecule has 138 valence electrons. The van der Waals surface area contributed by atoms with Gasteiger partial charge < -0.3 is 10.8 Å². The summed E-state index contributed by atoms with van der Waals surface area (Å²) in [6.07, 6.45) is 18.1. The van der Waals surface area contributed by atoms with Crippen LogP contribution < -0.4 is 5.73 Å². The maximum Gasteiger partial charge on any atom is 0.107 e. The topological polar surface area (TPSA) is 49.5 Å². The van der Waals surface area contributed by atoms with Crippen LogP contribution in [0.15, 0.2) is 0 Å². The number of hydrogen-bond donors (Lipinski definition) is 2. The number of likely N-dealkylation sites (tertiary alicyclic amines) is 1. The first-order valence-electron chi connectivity index (χ1n) is 10.4. The summed E-state index contributed by atoms with van der Waals surface area (Å²) in [6.45, 7) is 5.14. The van der Waals surface area contributed by atoms with E-state index >= 15 is 0 Å². The van der Waals surface area contributed by atoms with Gasteiger partial charge in [-0.2, -0.15) is 0 Å². The van der Waals surface area contributed by atoms with Crippen molar-refractivity contribution in [2.24, 2.45) is 11.7 Å². The highest BCUT2D eigenvalue weighted by molar-refractivity contribution is 4.74. The van der Waals surface area contributed by atoms with Gasteiger partial charge >= 0.3 is 0 Å². The van der Waals surface area contributed by atoms with Crippen LogP contribution in [-0.4, -0.2) is 35.9 Å². The lowest BCUT2D eigenvalue weighted by molar-refractivity contribution is -0.0226. The second kappa shape index (κ2) is 14.2. The fourth-order valence-corrected chi connectivity index (χ4v) is 3.66. The average molecular weight is 327 g/mol. The second-order valence-electron chi connectivity index (χ2n) is 7.52. The van der Waals surface area contributed by atoms with Crippen molar-refractivity contribution < 1.29 is 5.11 Å². The van der Waals surface area contributed by atoms with E-state index in [0.29, 0.717) is 5.92 Å². The minimum absolute atomic E-state index is 0.215. The van der Waals surface area contributed by atoms with Gasteiger partial charge in [-0.15, -0.1) is 0 Å². The number of nitrogens with zero attached hydrogens (tertiary/aromatic N) is 1. The predicted octanol–water partition coefficient (Wildman–Crippen LogP) is 4.68. The Hall–Kier alpha value is -0.120. The zero-order valence-electron chi connectivity index (χ0n) is 15.6. The van der Waals surface area contributed by atoms with Crippen LogP contribution in [0.5, 0.6) is 0 Å². The lowest BCUT2D eigenvalue weighted by Gasteiger charge is -2.34. The van der Waals surface area contributed by atoms with Crippen LogP contribution in [0.3, 0.4) is 0 Å². The fraction of sp³-hybridized carbons (Fsp3) is 1.00. The van der Waals surface area contributed by atoms with E-state index in [4.69, 9.17) is 5.73 Å². The maximum absolute atomic E-state index is 10.3. The zero-order valence-corrected chi connectivity index (χ0v) is 15.6. The van der Waals surface area contributed by atoms with Gasteiger partial charge in [-0.05, 0) is 38.1 Å². The predicted molar refractivity (Wildman–Crippen MR) is 100 cm³/mol. The SMILES string of the molecule is CCCCCCCCCCCCCC(O)N1CCC(CN)CC1. The summed E-state index contributed by atoms with van der Waals surface area (Å²) in [6, 6.07) is 0. The number of aliphatic hydroxyl groups is 1. The number of nitrogens with two attached hydrogens (primary N) is 1. The molecule has 0 radical (unpaired) electrons. The molecule has 1 atom stereocenters. The van der Waals surface area contributed by atoms with Crippen molar-refractivity contribution in [1.29, 1.82) is 0 Å². The lowest BCUT2D eigenvalue weighted by Crippen LogP contribution is -2.42. The van der Waals surface area contributed by atoms with E-state index < -0.39 is 0 Å². The van der Waals surface area contributed by atoms with Gasteiger partial charge in [0.25, 0.3) is 0 Å². The molecule has 0 aromatic rings. The average Bonchev–Trinajstić information content (AvgIpc) is 2.59. The van der Waals surface area contributed by atoms with Crippen molar-refractivity contribution >= 4 is 0 Å². The first kappa shape index (κ1) is 20.9. The van der Waals surface area contributed by atoms with Crippen molar-refractivity contribution in [3.8, 4) is 0 Å². The van der Waals surface area contributed by atoms with Gasteiger partial charge in [-0.3, -0.25) is 4.90 Å². The second-order valence-corrected chi connectivity index (χ2v) is 7.52. The summed E-state index contributed by atoms with van der Waals surface area (Å²) < 4.78 is 0. The van der Waals surface area contributed by atoms with Crippen LogP contribution >= 0.6 is 0 Å². The third kappa shape index (κ3) is 10.4. The summed E-state index contributed by atoms with van der Waals surface area (Å²) in [5.41, 5.74) is 5.72. The number of hydrogen-bond acceptors (Lipinski definition) is 3. The van der Waals surface area contributed by atoms with Crippen molar-refractivity contribution in [2.45, 2.75) is 103 Å². The Labute approximate surface area is 145 Å². The highest BCUT2D eigenvalue weighted by Gasteiger charge is 2.22.